The number of likely N-dealkylation sites (N-methyl/N-ethyl adjacent to an activating group) is 1. The second kappa shape index (κ2) is 15.1. The first kappa shape index (κ1) is 37.4. The first-order chi connectivity index (χ1) is 28.7. The second-order valence-corrected chi connectivity index (χ2v) is 15.5. The van der Waals surface area contributed by atoms with E-state index in [1.807, 2.05) is 23.3 Å². The predicted octanol–water partition coefficient (Wildman–Crippen LogP) is 3.75. The van der Waals surface area contributed by atoms with Crippen molar-refractivity contribution in [2.75, 3.05) is 64.5 Å². The maximum Gasteiger partial charge on any atom is 0.317 e. The first-order valence-corrected chi connectivity index (χ1v) is 20.0. The summed E-state index contributed by atoms with van der Waals surface area (Å²) in [5.74, 6) is 0.975. The third-order valence-corrected chi connectivity index (χ3v) is 11.5. The summed E-state index contributed by atoms with van der Waals surface area (Å²) in [7, 11) is 1.77. The average molecular weight is 808 g/mol. The van der Waals surface area contributed by atoms with E-state index in [0.29, 0.717) is 108 Å². The number of anilines is 1. The van der Waals surface area contributed by atoms with Crippen LogP contribution in [0, 0.1) is 18.6 Å². The van der Waals surface area contributed by atoms with Crippen molar-refractivity contribution in [2.45, 2.75) is 57.6 Å². The molecule has 2 fully saturated rings. The first-order valence-electron chi connectivity index (χ1n) is 20.0. The van der Waals surface area contributed by atoms with Gasteiger partial charge in [-0.05, 0) is 38.1 Å². The lowest BCUT2D eigenvalue weighted by Gasteiger charge is -2.33. The molecule has 8 heterocycles. The number of morpholine rings is 1. The molecule has 0 radical (unpaired) electrons. The van der Waals surface area contributed by atoms with Crippen LogP contribution in [0.25, 0.3) is 39.0 Å². The fourth-order valence-corrected chi connectivity index (χ4v) is 8.87. The van der Waals surface area contributed by atoms with Crippen molar-refractivity contribution in [3.63, 3.8) is 0 Å². The molecule has 5 atom stereocenters. The molecular formula is C41H43F2N11O5. The van der Waals surface area contributed by atoms with Gasteiger partial charge in [0.25, 0.3) is 0 Å². The highest BCUT2D eigenvalue weighted by atomic mass is 19.1. The molecule has 10 rings (SSSR count). The van der Waals surface area contributed by atoms with Gasteiger partial charge in [-0.2, -0.15) is 10.1 Å². The summed E-state index contributed by atoms with van der Waals surface area (Å²) in [5, 5.41) is 5.34. The summed E-state index contributed by atoms with van der Waals surface area (Å²) in [4.78, 5) is 44.9. The standard InChI is InChI=1S/C41H43F2N11O5/c1-4-56-28-19-50(3)40(55)34-16-27(59-41-44-8-7-31(47-41)29-13-25(43)14-32-37(29)52(22-28)23(2)46-32)21-53(34)38-30-18-45-54-33-6-5-24(42)15-35(33)58-12-10-51-9-11-57-26(20-51)17-36(48-38)49-39(30)54/h5-8,13-15,18,26-28,34H,4,9-12,16-17,19-22H2,1-3H3/t26-,27+,28+,34+/m1/s1. The van der Waals surface area contributed by atoms with Crippen LogP contribution in [-0.4, -0.2) is 139 Å². The predicted molar refractivity (Wildman–Crippen MR) is 211 cm³/mol. The number of rotatable bonds is 3. The van der Waals surface area contributed by atoms with Gasteiger partial charge in [-0.3, -0.25) is 9.69 Å². The minimum absolute atomic E-state index is 0.0888. The molecule has 0 saturated carbocycles. The molecule has 4 aliphatic heterocycles. The van der Waals surface area contributed by atoms with Gasteiger partial charge < -0.3 is 33.3 Å². The number of fused-ring (bicyclic) bond motifs is 10. The molecule has 16 nitrogen and oxygen atoms in total. The van der Waals surface area contributed by atoms with Gasteiger partial charge in [0.05, 0.1) is 60.2 Å². The zero-order chi connectivity index (χ0) is 40.4. The Morgan fingerprint density at radius 3 is 2.71 bits per heavy atom. The van der Waals surface area contributed by atoms with E-state index in [-0.39, 0.29) is 37.5 Å². The quantitative estimate of drug-likeness (QED) is 0.256. The largest absolute Gasteiger partial charge is 0.490 e. The average Bonchev–Trinajstić information content (AvgIpc) is 3.92. The number of aryl methyl sites for hydroxylation is 1. The molecule has 59 heavy (non-hydrogen) atoms. The van der Waals surface area contributed by atoms with Gasteiger partial charge in [-0.15, -0.1) is 0 Å². The lowest BCUT2D eigenvalue weighted by molar-refractivity contribution is -0.133. The maximum absolute atomic E-state index is 15.2. The van der Waals surface area contributed by atoms with E-state index in [4.69, 9.17) is 44.0 Å². The molecule has 18 heteroatoms. The van der Waals surface area contributed by atoms with Crippen molar-refractivity contribution in [2.24, 2.45) is 0 Å². The number of aromatic nitrogens is 8. The minimum atomic E-state index is -0.726. The van der Waals surface area contributed by atoms with Gasteiger partial charge in [0.15, 0.2) is 5.65 Å². The van der Waals surface area contributed by atoms with Crippen molar-refractivity contribution in [3.8, 4) is 28.7 Å². The van der Waals surface area contributed by atoms with E-state index >= 15 is 4.39 Å². The van der Waals surface area contributed by atoms with Crippen molar-refractivity contribution in [1.82, 2.24) is 49.1 Å². The summed E-state index contributed by atoms with van der Waals surface area (Å²) in [5.41, 5.74) is 3.18. The van der Waals surface area contributed by atoms with Crippen LogP contribution in [0.1, 0.15) is 25.0 Å². The van der Waals surface area contributed by atoms with E-state index in [2.05, 4.69) is 9.88 Å². The molecule has 0 spiro atoms. The van der Waals surface area contributed by atoms with Crippen molar-refractivity contribution in [1.29, 1.82) is 0 Å². The molecule has 306 valence electrons. The molecule has 2 saturated heterocycles. The number of hydrogen-bond donors (Lipinski definition) is 0. The van der Waals surface area contributed by atoms with Crippen LogP contribution >= 0.6 is 0 Å². The molecule has 8 bridgehead atoms. The van der Waals surface area contributed by atoms with Crippen LogP contribution in [-0.2, 0) is 27.2 Å². The van der Waals surface area contributed by atoms with E-state index in [9.17, 15) is 9.18 Å². The number of amides is 1. The van der Waals surface area contributed by atoms with Crippen LogP contribution < -0.4 is 14.4 Å². The van der Waals surface area contributed by atoms with Crippen LogP contribution in [0.3, 0.4) is 0 Å². The molecule has 0 N–H and O–H groups in total. The Morgan fingerprint density at radius 2 is 1.83 bits per heavy atom. The Kier molecular flexibility index (Phi) is 9.56. The minimum Gasteiger partial charge on any atom is -0.490 e. The molecular weight excluding hydrogens is 765 g/mol. The van der Waals surface area contributed by atoms with Gasteiger partial charge in [0.2, 0.25) is 5.91 Å². The number of imidazole rings is 1. The Labute approximate surface area is 337 Å². The maximum atomic E-state index is 15.2. The van der Waals surface area contributed by atoms with Crippen LogP contribution in [0.5, 0.6) is 11.8 Å². The topological polar surface area (TPSA) is 151 Å². The normalized spacial score (nSPS) is 23.5. The number of carbonyl (C=O) groups excluding carboxylic acids is 1. The zero-order valence-electron chi connectivity index (χ0n) is 32.9. The van der Waals surface area contributed by atoms with Gasteiger partial charge in [-0.25, -0.2) is 33.4 Å². The summed E-state index contributed by atoms with van der Waals surface area (Å²) < 4.78 is 58.7. The molecule has 6 aromatic rings. The molecule has 4 aromatic heterocycles. The smallest absolute Gasteiger partial charge is 0.317 e. The van der Waals surface area contributed by atoms with Crippen LogP contribution in [0.4, 0.5) is 14.6 Å². The third kappa shape index (κ3) is 6.97. The Morgan fingerprint density at radius 1 is 0.949 bits per heavy atom. The number of hydrogen-bond acceptors (Lipinski definition) is 13. The van der Waals surface area contributed by atoms with E-state index < -0.39 is 29.9 Å². The van der Waals surface area contributed by atoms with E-state index in [1.165, 1.54) is 24.3 Å². The van der Waals surface area contributed by atoms with Gasteiger partial charge in [0.1, 0.15) is 59.3 Å². The van der Waals surface area contributed by atoms with Crippen molar-refractivity contribution >= 4 is 33.8 Å². The number of benzene rings is 2. The van der Waals surface area contributed by atoms with Crippen molar-refractivity contribution in [3.05, 3.63) is 72.1 Å². The molecule has 4 aliphatic rings. The molecule has 2 aromatic carbocycles. The highest BCUT2D eigenvalue weighted by Crippen LogP contribution is 2.36. The fraction of sp³-hybridized carbons (Fsp3) is 0.439. The second-order valence-electron chi connectivity index (χ2n) is 15.5. The summed E-state index contributed by atoms with van der Waals surface area (Å²) in [6.45, 7) is 7.95. The Bertz CT molecular complexity index is 2580. The Balaban J connectivity index is 1.10. The monoisotopic (exact) mass is 807 g/mol. The molecule has 0 aliphatic carbocycles. The fourth-order valence-electron chi connectivity index (χ4n) is 8.87. The molecule has 1 unspecified atom stereocenters. The number of nitrogens with zero attached hydrogens (tertiary/aromatic N) is 11. The SMILES string of the molecule is CCO[C@H]1CN(C)C(=O)[C@@H]2C[C@@H](CN2c2nc3nc4c2cnn4-c2ccc(F)cc2OCCN2CCO[C@H](C3)C2)Oc2nccc(n2)-c2cc(F)cc3nc(C)n(c23)C1. The van der Waals surface area contributed by atoms with E-state index in [0.717, 1.165) is 6.54 Å². The summed E-state index contributed by atoms with van der Waals surface area (Å²) in [6.07, 6.45) is 2.77. The van der Waals surface area contributed by atoms with Crippen molar-refractivity contribution < 1.29 is 32.5 Å². The van der Waals surface area contributed by atoms with E-state index in [1.54, 1.807) is 41.2 Å². The number of carbonyl (C=O) groups is 1. The lowest BCUT2D eigenvalue weighted by atomic mass is 10.1. The van der Waals surface area contributed by atoms with Crippen LogP contribution in [0.2, 0.25) is 0 Å². The van der Waals surface area contributed by atoms with Crippen LogP contribution in [0.15, 0.2) is 48.8 Å². The highest BCUT2D eigenvalue weighted by Gasteiger charge is 2.42. The Hall–Kier alpha value is -5.85. The number of ether oxygens (including phenoxy) is 4. The highest BCUT2D eigenvalue weighted by molar-refractivity contribution is 5.93. The molecule has 1 amide bonds. The summed E-state index contributed by atoms with van der Waals surface area (Å²) in [6, 6.07) is 8.29. The van der Waals surface area contributed by atoms with Gasteiger partial charge in [-0.1, -0.05) is 0 Å². The third-order valence-electron chi connectivity index (χ3n) is 11.5. The lowest BCUT2D eigenvalue weighted by Crippen LogP contribution is -2.47. The summed E-state index contributed by atoms with van der Waals surface area (Å²) >= 11 is 0. The zero-order valence-corrected chi connectivity index (χ0v) is 32.9. The van der Waals surface area contributed by atoms with Gasteiger partial charge in [0, 0.05) is 76.6 Å². The van der Waals surface area contributed by atoms with Gasteiger partial charge >= 0.3 is 6.01 Å². The number of halogens is 2.